The molecule has 0 unspecified atom stereocenters. The number of fused-ring (bicyclic) bond motifs is 1. The van der Waals surface area contributed by atoms with Crippen molar-refractivity contribution >= 4 is 10.8 Å². The van der Waals surface area contributed by atoms with Gasteiger partial charge < -0.3 is 38.1 Å². The maximum atomic E-state index is 13.5. The van der Waals surface area contributed by atoms with E-state index in [1.54, 1.807) is 12.3 Å². The normalized spacial score (nSPS) is 15.6. The van der Waals surface area contributed by atoms with Crippen LogP contribution in [-0.4, -0.2) is 86.1 Å². The Balaban J connectivity index is 0.000000155. The molecule has 7 aliphatic rings. The molecule has 4 aromatic carbocycles. The first-order chi connectivity index (χ1) is 60.9. The van der Waals surface area contributed by atoms with Crippen LogP contribution in [0.1, 0.15) is 312 Å². The lowest BCUT2D eigenvalue weighted by Gasteiger charge is -2.20. The lowest BCUT2D eigenvalue weighted by molar-refractivity contribution is 0.267. The number of H-pyrrole nitrogens is 2. The fourth-order valence-corrected chi connectivity index (χ4v) is 12.8. The molecule has 10 aromatic rings. The van der Waals surface area contributed by atoms with E-state index < -0.39 is 11.4 Å². The minimum absolute atomic E-state index is 0.0219. The zero-order chi connectivity index (χ0) is 94.7. The van der Waals surface area contributed by atoms with Gasteiger partial charge in [-0.2, -0.15) is 14.4 Å². The van der Waals surface area contributed by atoms with E-state index in [0.29, 0.717) is 36.0 Å². The molecule has 17 nitrogen and oxygen atoms in total. The summed E-state index contributed by atoms with van der Waals surface area (Å²) in [7, 11) is 0. The summed E-state index contributed by atoms with van der Waals surface area (Å²) in [5.41, 5.74) is 11.3. The molecule has 0 atom stereocenters. The summed E-state index contributed by atoms with van der Waals surface area (Å²) < 4.78 is 53.2. The van der Waals surface area contributed by atoms with Crippen molar-refractivity contribution < 1.29 is 37.5 Å². The van der Waals surface area contributed by atoms with Crippen LogP contribution in [0.4, 0.5) is 4.39 Å². The largest absolute Gasteiger partial charge is 0.493 e. The number of aromatic amines is 2. The second-order valence-electron chi connectivity index (χ2n) is 45.4. The molecule has 0 amide bonds. The molecular formula is C112H155FN8O9. The van der Waals surface area contributed by atoms with Crippen molar-refractivity contribution in [3.63, 3.8) is 0 Å². The number of hydrogen-bond acceptors (Lipinski definition) is 15. The van der Waals surface area contributed by atoms with Gasteiger partial charge in [-0.05, 0) is 247 Å². The number of rotatable bonds is 22. The SMILES string of the molecule is CC(C)(C)c1cc(OCC2CC2)[nH]c(=O)c1.CC(C)(C)c1ccc2ccccc2c1.CC(C)(C)c1cccc(OCC2CC2)n1.CC(C)(C)c1cncc(OCC2CC2)c1.CC(C)(C)c1nc(OCC2CC2)c(F)c(=O)[nH]1.CC(C)(C)c1nc(OCC2CC2)cc(-c2ccccc2)n1.Cc1cc(C(C)(C)C)cc(OCC2CC2)n1.Cc1cc(OCC2CC2)cc(C(C)(C)C)c1. The van der Waals surface area contributed by atoms with Crippen molar-refractivity contribution in [3.8, 4) is 52.2 Å². The Labute approximate surface area is 777 Å². The number of benzene rings is 4. The van der Waals surface area contributed by atoms with Gasteiger partial charge in [0.1, 0.15) is 23.1 Å². The second-order valence-corrected chi connectivity index (χ2v) is 45.4. The fourth-order valence-electron chi connectivity index (χ4n) is 12.8. The summed E-state index contributed by atoms with van der Waals surface area (Å²) in [6, 6.07) is 49.9. The number of halogens is 1. The van der Waals surface area contributed by atoms with Gasteiger partial charge in [0.05, 0.1) is 58.1 Å². The van der Waals surface area contributed by atoms with Crippen LogP contribution in [0.25, 0.3) is 22.0 Å². The Morgan fingerprint density at radius 2 is 0.800 bits per heavy atom. The maximum Gasteiger partial charge on any atom is 0.291 e. The quantitative estimate of drug-likeness (QED) is 0.0647. The molecular weight excluding hydrogens is 1620 g/mol. The molecule has 0 saturated heterocycles. The minimum atomic E-state index is -0.932. The van der Waals surface area contributed by atoms with E-state index in [1.807, 2.05) is 76.4 Å². The highest BCUT2D eigenvalue weighted by molar-refractivity contribution is 5.83. The Hall–Kier alpha value is -9.97. The van der Waals surface area contributed by atoms with Crippen LogP contribution in [0.3, 0.4) is 0 Å². The first-order valence-electron chi connectivity index (χ1n) is 47.9. The molecule has 130 heavy (non-hydrogen) atoms. The molecule has 7 fully saturated rings. The van der Waals surface area contributed by atoms with E-state index in [0.717, 1.165) is 139 Å². The number of ether oxygens (including phenoxy) is 7. The van der Waals surface area contributed by atoms with Gasteiger partial charge in [-0.25, -0.2) is 15.0 Å². The van der Waals surface area contributed by atoms with E-state index in [9.17, 15) is 14.0 Å². The van der Waals surface area contributed by atoms with Gasteiger partial charge in [-0.1, -0.05) is 251 Å². The highest BCUT2D eigenvalue weighted by Crippen LogP contribution is 2.39. The van der Waals surface area contributed by atoms with E-state index in [-0.39, 0.29) is 54.8 Å². The van der Waals surface area contributed by atoms with Crippen molar-refractivity contribution in [2.75, 3.05) is 46.2 Å². The van der Waals surface area contributed by atoms with Crippen LogP contribution >= 0.6 is 0 Å². The van der Waals surface area contributed by atoms with E-state index in [1.165, 1.54) is 116 Å². The Kier molecular flexibility index (Phi) is 35.0. The van der Waals surface area contributed by atoms with Gasteiger partial charge in [0.2, 0.25) is 23.5 Å². The number of aryl methyl sites for hydroxylation is 2. The molecule has 6 aromatic heterocycles. The average molecular weight is 1780 g/mol. The van der Waals surface area contributed by atoms with Gasteiger partial charge in [0.25, 0.3) is 17.0 Å². The summed E-state index contributed by atoms with van der Waals surface area (Å²) >= 11 is 0. The lowest BCUT2D eigenvalue weighted by Crippen LogP contribution is -2.25. The molecule has 18 heteroatoms. The van der Waals surface area contributed by atoms with Crippen LogP contribution in [0.15, 0.2) is 168 Å². The molecule has 0 spiro atoms. The van der Waals surface area contributed by atoms with Crippen molar-refractivity contribution in [1.82, 2.24) is 39.9 Å². The monoisotopic (exact) mass is 1780 g/mol. The molecule has 2 N–H and O–H groups in total. The first kappa shape index (κ1) is 102. The maximum absolute atomic E-state index is 13.5. The molecule has 0 radical (unpaired) electrons. The summed E-state index contributed by atoms with van der Waals surface area (Å²) in [6.45, 7) is 61.0. The number of nitrogens with zero attached hydrogens (tertiary/aromatic N) is 6. The standard InChI is InChI=1S/C18H22N2O.C15H22O.C14H21NO.C14H16.C13H19NO2.2C13H19NO.C12H17FN2O2/c1-18(2,3)17-19-15(14-7-5-4-6-8-14)11-16(20-17)21-12-13-9-10-13;1-11-7-13(15(2,3)4)9-14(8-11)16-10-12-5-6-12;1-10-7-12(14(2,3)4)8-13(15-10)16-9-11-5-6-11;1-14(2,3)13-9-8-11-6-4-5-7-12(11)10-13;1-13(2,3)10-6-11(15)14-12(7-10)16-8-9-4-5-9;1-13(2,3)11-6-12(8-14-7-11)15-9-10-4-5-10;1-13(2,3)11-5-4-6-12(14-11)15-9-10-7-8-10;1-12(2,3)11-14-9(16)8(13)10(15-11)17-6-7-4-5-7/h4-8,11,13H,9-10,12H2,1-3H3;7-9,12H,5-6,10H2,1-4H3;7-8,11H,5-6,9H2,1-4H3;4-10H,1-3H3;6-7,9H,4-5,8H2,1-3H3,(H,14,15);6-8,10H,4-5,9H2,1-3H3;4-6,10H,7-9H2,1-3H3;7H,4-6H2,1-3H3,(H,14,15,16). The van der Waals surface area contributed by atoms with Gasteiger partial charge in [-0.3, -0.25) is 19.6 Å². The van der Waals surface area contributed by atoms with E-state index >= 15 is 0 Å². The molecule has 0 bridgehead atoms. The fraction of sp³-hybridized carbons (Fsp3) is 0.554. The van der Waals surface area contributed by atoms with Crippen LogP contribution in [0.5, 0.6) is 40.9 Å². The predicted molar refractivity (Wildman–Crippen MR) is 529 cm³/mol. The van der Waals surface area contributed by atoms with Crippen molar-refractivity contribution in [3.05, 3.63) is 241 Å². The van der Waals surface area contributed by atoms with Crippen LogP contribution in [-0.2, 0) is 43.3 Å². The summed E-state index contributed by atoms with van der Waals surface area (Å²) in [5.74, 6) is 10.1. The predicted octanol–water partition coefficient (Wildman–Crippen LogP) is 26.7. The number of hydrogen-bond donors (Lipinski definition) is 2. The van der Waals surface area contributed by atoms with E-state index in [4.69, 9.17) is 38.1 Å². The van der Waals surface area contributed by atoms with E-state index in [2.05, 4.69) is 284 Å². The van der Waals surface area contributed by atoms with Gasteiger partial charge in [0, 0.05) is 69.7 Å². The molecule has 6 heterocycles. The number of pyridine rings is 4. The van der Waals surface area contributed by atoms with Crippen molar-refractivity contribution in [2.45, 2.75) is 313 Å². The summed E-state index contributed by atoms with van der Waals surface area (Å²) in [4.78, 5) is 54.6. The summed E-state index contributed by atoms with van der Waals surface area (Å²) in [6.07, 6.45) is 21.6. The number of aromatic nitrogens is 8. The Bertz CT molecular complexity index is 5220. The minimum Gasteiger partial charge on any atom is -0.493 e. The van der Waals surface area contributed by atoms with Crippen molar-refractivity contribution in [1.29, 1.82) is 0 Å². The topological polar surface area (TPSA) is 208 Å². The van der Waals surface area contributed by atoms with Crippen LogP contribution in [0.2, 0.25) is 0 Å². The summed E-state index contributed by atoms with van der Waals surface area (Å²) in [5, 5.41) is 2.65. The smallest absolute Gasteiger partial charge is 0.291 e. The molecule has 7 aliphatic carbocycles. The lowest BCUT2D eigenvalue weighted by atomic mass is 9.86. The molecule has 704 valence electrons. The number of nitrogens with one attached hydrogen (secondary N) is 2. The Morgan fingerprint density at radius 3 is 1.31 bits per heavy atom. The van der Waals surface area contributed by atoms with Gasteiger partial charge in [0.15, 0.2) is 5.88 Å². The Morgan fingerprint density at radius 1 is 0.338 bits per heavy atom. The van der Waals surface area contributed by atoms with Gasteiger partial charge >= 0.3 is 0 Å². The third-order valence-corrected chi connectivity index (χ3v) is 23.3. The highest BCUT2D eigenvalue weighted by Gasteiger charge is 2.31. The molecule has 7 saturated carbocycles. The molecule has 17 rings (SSSR count). The van der Waals surface area contributed by atoms with Crippen LogP contribution in [0, 0.1) is 61.1 Å². The highest BCUT2D eigenvalue weighted by atomic mass is 19.1. The zero-order valence-corrected chi connectivity index (χ0v) is 83.6. The van der Waals surface area contributed by atoms with Crippen molar-refractivity contribution in [2.24, 2.45) is 41.4 Å². The van der Waals surface area contributed by atoms with Gasteiger partial charge in [-0.15, -0.1) is 0 Å². The molecule has 0 aliphatic heterocycles. The third kappa shape index (κ3) is 36.6. The first-order valence-corrected chi connectivity index (χ1v) is 47.9. The second kappa shape index (κ2) is 44.5. The third-order valence-electron chi connectivity index (χ3n) is 23.3. The average Bonchev–Trinajstić information content (AvgIpc) is 0.975. The van der Waals surface area contributed by atoms with Crippen LogP contribution < -0.4 is 44.3 Å². The zero-order valence-electron chi connectivity index (χ0n) is 83.6.